The third-order valence-corrected chi connectivity index (χ3v) is 4.38. The number of hydrogen-bond donors (Lipinski definition) is 1. The number of aryl methyl sites for hydroxylation is 2. The van der Waals surface area contributed by atoms with Crippen LogP contribution in [0.15, 0.2) is 36.4 Å². The standard InChI is InChI=1S/C22H27NO4/c1-14(2)18-10-9-15(3)11-20(18)26-13-22(25)27-12-21(24)23-19-8-6-7-16(4)17(19)5/h6-11,14H,12-13H2,1-5H3,(H,23,24). The summed E-state index contributed by atoms with van der Waals surface area (Å²) in [5.41, 5.74) is 4.86. The first kappa shape index (κ1) is 20.5. The number of carbonyl (C=O) groups is 2. The Morgan fingerprint density at radius 2 is 1.78 bits per heavy atom. The van der Waals surface area contributed by atoms with Crippen LogP contribution in [-0.4, -0.2) is 25.1 Å². The maximum absolute atomic E-state index is 12.0. The summed E-state index contributed by atoms with van der Waals surface area (Å²) in [5, 5.41) is 2.75. The molecule has 0 spiro atoms. The molecule has 2 aromatic carbocycles. The number of esters is 1. The predicted molar refractivity (Wildman–Crippen MR) is 106 cm³/mol. The van der Waals surface area contributed by atoms with E-state index in [-0.39, 0.29) is 25.0 Å². The van der Waals surface area contributed by atoms with Gasteiger partial charge >= 0.3 is 5.97 Å². The van der Waals surface area contributed by atoms with Crippen LogP contribution in [0, 0.1) is 20.8 Å². The van der Waals surface area contributed by atoms with Crippen LogP contribution in [0.3, 0.4) is 0 Å². The summed E-state index contributed by atoms with van der Waals surface area (Å²) in [6.45, 7) is 9.41. The van der Waals surface area contributed by atoms with Gasteiger partial charge < -0.3 is 14.8 Å². The molecule has 5 nitrogen and oxygen atoms in total. The number of rotatable bonds is 7. The molecular weight excluding hydrogens is 342 g/mol. The predicted octanol–water partition coefficient (Wildman–Crippen LogP) is 4.30. The van der Waals surface area contributed by atoms with Crippen LogP contribution >= 0.6 is 0 Å². The fourth-order valence-corrected chi connectivity index (χ4v) is 2.64. The lowest BCUT2D eigenvalue weighted by Crippen LogP contribution is -2.24. The molecule has 0 bridgehead atoms. The third-order valence-electron chi connectivity index (χ3n) is 4.38. The van der Waals surface area contributed by atoms with Crippen LogP contribution in [0.2, 0.25) is 0 Å². The highest BCUT2D eigenvalue weighted by molar-refractivity contribution is 5.93. The fourth-order valence-electron chi connectivity index (χ4n) is 2.64. The van der Waals surface area contributed by atoms with Crippen molar-refractivity contribution in [3.8, 4) is 5.75 Å². The Morgan fingerprint density at radius 3 is 2.48 bits per heavy atom. The average molecular weight is 369 g/mol. The van der Waals surface area contributed by atoms with Crippen LogP contribution in [0.1, 0.15) is 42.0 Å². The van der Waals surface area contributed by atoms with Gasteiger partial charge in [0.1, 0.15) is 5.75 Å². The molecule has 0 atom stereocenters. The topological polar surface area (TPSA) is 64.6 Å². The maximum atomic E-state index is 12.0. The smallest absolute Gasteiger partial charge is 0.344 e. The van der Waals surface area contributed by atoms with E-state index in [9.17, 15) is 9.59 Å². The zero-order chi connectivity index (χ0) is 20.0. The quantitative estimate of drug-likeness (QED) is 0.739. The summed E-state index contributed by atoms with van der Waals surface area (Å²) in [7, 11) is 0. The molecule has 27 heavy (non-hydrogen) atoms. The van der Waals surface area contributed by atoms with Crippen molar-refractivity contribution in [3.63, 3.8) is 0 Å². The number of amides is 1. The lowest BCUT2D eigenvalue weighted by Gasteiger charge is -2.14. The summed E-state index contributed by atoms with van der Waals surface area (Å²) in [6, 6.07) is 11.6. The number of ether oxygens (including phenoxy) is 2. The van der Waals surface area contributed by atoms with E-state index >= 15 is 0 Å². The second-order valence-electron chi connectivity index (χ2n) is 6.94. The van der Waals surface area contributed by atoms with E-state index in [1.165, 1.54) is 0 Å². The van der Waals surface area contributed by atoms with E-state index in [0.717, 1.165) is 22.3 Å². The van der Waals surface area contributed by atoms with Gasteiger partial charge in [-0.15, -0.1) is 0 Å². The Kier molecular flexibility index (Phi) is 6.99. The summed E-state index contributed by atoms with van der Waals surface area (Å²) in [5.74, 6) is -0.0143. The lowest BCUT2D eigenvalue weighted by atomic mass is 10.0. The van der Waals surface area contributed by atoms with Gasteiger partial charge in [0.2, 0.25) is 0 Å². The van der Waals surface area contributed by atoms with Gasteiger partial charge in [0.05, 0.1) is 0 Å². The minimum Gasteiger partial charge on any atom is -0.482 e. The normalized spacial score (nSPS) is 10.6. The average Bonchev–Trinajstić information content (AvgIpc) is 2.62. The molecule has 0 aliphatic heterocycles. The molecule has 0 unspecified atom stereocenters. The monoisotopic (exact) mass is 369 g/mol. The summed E-state index contributed by atoms with van der Waals surface area (Å²) >= 11 is 0. The van der Waals surface area contributed by atoms with Gasteiger partial charge in [-0.2, -0.15) is 0 Å². The zero-order valence-electron chi connectivity index (χ0n) is 16.6. The van der Waals surface area contributed by atoms with Gasteiger partial charge in [-0.1, -0.05) is 38.1 Å². The second kappa shape index (κ2) is 9.21. The SMILES string of the molecule is Cc1ccc(C(C)C)c(OCC(=O)OCC(=O)Nc2cccc(C)c2C)c1. The molecule has 5 heteroatoms. The van der Waals surface area contributed by atoms with E-state index in [2.05, 4.69) is 19.2 Å². The summed E-state index contributed by atoms with van der Waals surface area (Å²) < 4.78 is 10.6. The second-order valence-corrected chi connectivity index (χ2v) is 6.94. The van der Waals surface area contributed by atoms with E-state index in [1.807, 2.05) is 57.2 Å². The molecule has 0 saturated carbocycles. The van der Waals surface area contributed by atoms with E-state index in [1.54, 1.807) is 0 Å². The Labute approximate surface area is 160 Å². The highest BCUT2D eigenvalue weighted by atomic mass is 16.6. The summed E-state index contributed by atoms with van der Waals surface area (Å²) in [4.78, 5) is 23.9. The molecule has 0 aliphatic carbocycles. The molecule has 0 saturated heterocycles. The zero-order valence-corrected chi connectivity index (χ0v) is 16.6. The maximum Gasteiger partial charge on any atom is 0.344 e. The number of carbonyl (C=O) groups excluding carboxylic acids is 2. The fraction of sp³-hybridized carbons (Fsp3) is 0.364. The molecule has 1 N–H and O–H groups in total. The van der Waals surface area contributed by atoms with Gasteiger partial charge in [0, 0.05) is 5.69 Å². The third kappa shape index (κ3) is 5.84. The van der Waals surface area contributed by atoms with Crippen molar-refractivity contribution in [2.75, 3.05) is 18.5 Å². The minimum absolute atomic E-state index is 0.236. The first-order chi connectivity index (χ1) is 12.8. The highest BCUT2D eigenvalue weighted by Crippen LogP contribution is 2.27. The molecule has 2 aromatic rings. The molecule has 0 heterocycles. The largest absolute Gasteiger partial charge is 0.482 e. The van der Waals surface area contributed by atoms with Crippen molar-refractivity contribution >= 4 is 17.6 Å². The number of anilines is 1. The van der Waals surface area contributed by atoms with E-state index in [4.69, 9.17) is 9.47 Å². The van der Waals surface area contributed by atoms with Crippen LogP contribution in [-0.2, 0) is 14.3 Å². The van der Waals surface area contributed by atoms with Gasteiger partial charge in [-0.05, 0) is 61.1 Å². The van der Waals surface area contributed by atoms with Crippen LogP contribution in [0.25, 0.3) is 0 Å². The van der Waals surface area contributed by atoms with E-state index < -0.39 is 5.97 Å². The number of nitrogens with one attached hydrogen (secondary N) is 1. The van der Waals surface area contributed by atoms with Gasteiger partial charge in [-0.25, -0.2) is 4.79 Å². The summed E-state index contributed by atoms with van der Waals surface area (Å²) in [6.07, 6.45) is 0. The highest BCUT2D eigenvalue weighted by Gasteiger charge is 2.13. The van der Waals surface area contributed by atoms with E-state index in [0.29, 0.717) is 11.4 Å². The molecule has 2 rings (SSSR count). The van der Waals surface area contributed by atoms with Crippen molar-refractivity contribution in [3.05, 3.63) is 58.7 Å². The Morgan fingerprint density at radius 1 is 1.04 bits per heavy atom. The lowest BCUT2D eigenvalue weighted by molar-refractivity contribution is -0.149. The Balaban J connectivity index is 1.85. The number of benzene rings is 2. The molecular formula is C22H27NO4. The van der Waals surface area contributed by atoms with Crippen molar-refractivity contribution in [2.45, 2.75) is 40.5 Å². The van der Waals surface area contributed by atoms with Crippen LogP contribution in [0.4, 0.5) is 5.69 Å². The Bertz CT molecular complexity index is 827. The van der Waals surface area contributed by atoms with Gasteiger partial charge in [-0.3, -0.25) is 4.79 Å². The van der Waals surface area contributed by atoms with Crippen molar-refractivity contribution in [2.24, 2.45) is 0 Å². The van der Waals surface area contributed by atoms with Crippen LogP contribution < -0.4 is 10.1 Å². The minimum atomic E-state index is -0.581. The Hall–Kier alpha value is -2.82. The molecule has 0 fully saturated rings. The molecule has 0 radical (unpaired) electrons. The molecule has 1 amide bonds. The molecule has 144 valence electrons. The van der Waals surface area contributed by atoms with Crippen molar-refractivity contribution in [1.82, 2.24) is 0 Å². The van der Waals surface area contributed by atoms with Crippen molar-refractivity contribution < 1.29 is 19.1 Å². The van der Waals surface area contributed by atoms with Crippen LogP contribution in [0.5, 0.6) is 5.75 Å². The first-order valence-electron chi connectivity index (χ1n) is 9.03. The van der Waals surface area contributed by atoms with Gasteiger partial charge in [0.15, 0.2) is 13.2 Å². The van der Waals surface area contributed by atoms with Crippen molar-refractivity contribution in [1.29, 1.82) is 0 Å². The first-order valence-corrected chi connectivity index (χ1v) is 9.03. The molecule has 0 aliphatic rings. The number of hydrogen-bond acceptors (Lipinski definition) is 4. The molecule has 0 aromatic heterocycles. The van der Waals surface area contributed by atoms with Gasteiger partial charge in [0.25, 0.3) is 5.91 Å².